The number of benzene rings is 2. The Morgan fingerprint density at radius 2 is 2.03 bits per heavy atom. The number of aromatic nitrogens is 2. The van der Waals surface area contributed by atoms with E-state index in [0.717, 1.165) is 22.6 Å². The van der Waals surface area contributed by atoms with Crippen LogP contribution in [-0.2, 0) is 18.3 Å². The van der Waals surface area contributed by atoms with Crippen LogP contribution < -0.4 is 20.5 Å². The number of ether oxygens (including phenoxy) is 2. The van der Waals surface area contributed by atoms with E-state index in [4.69, 9.17) is 15.2 Å². The van der Waals surface area contributed by atoms with Crippen LogP contribution >= 0.6 is 0 Å². The second-order valence-corrected chi connectivity index (χ2v) is 6.49. The number of nitrogens with zero attached hydrogens (tertiary/aromatic N) is 2. The second kappa shape index (κ2) is 9.75. The number of anilines is 1. The summed E-state index contributed by atoms with van der Waals surface area (Å²) >= 11 is 0. The molecule has 1 heterocycles. The topological polar surface area (TPSA) is 91.4 Å². The lowest BCUT2D eigenvalue weighted by molar-refractivity contribution is -0.115. The maximum Gasteiger partial charge on any atom is 0.228 e. The first kappa shape index (κ1) is 20.4. The molecule has 0 fully saturated rings. The minimum atomic E-state index is -0.106. The maximum absolute atomic E-state index is 12.6. The molecule has 0 aliphatic rings. The average Bonchev–Trinajstić information content (AvgIpc) is 3.13. The lowest BCUT2D eigenvalue weighted by atomic mass is 10.1. The Hall–Kier alpha value is -3.32. The maximum atomic E-state index is 12.6. The Bertz CT molecular complexity index is 968. The van der Waals surface area contributed by atoms with Crippen LogP contribution in [0.2, 0.25) is 0 Å². The van der Waals surface area contributed by atoms with Crippen molar-refractivity contribution >= 4 is 11.6 Å². The number of nitrogens with one attached hydrogen (secondary N) is 1. The second-order valence-electron chi connectivity index (χ2n) is 6.49. The van der Waals surface area contributed by atoms with Gasteiger partial charge in [-0.15, -0.1) is 0 Å². The van der Waals surface area contributed by atoms with Crippen molar-refractivity contribution in [3.05, 3.63) is 60.3 Å². The SMILES string of the molecule is CCOc1cccc(CC(=O)Nc2ccc(OCCN)c(-c3ccnn3C)c2)c1. The summed E-state index contributed by atoms with van der Waals surface area (Å²) in [6, 6.07) is 15.0. The Balaban J connectivity index is 1.77. The Labute approximate surface area is 170 Å². The first-order chi connectivity index (χ1) is 14.1. The van der Waals surface area contributed by atoms with Gasteiger partial charge in [-0.05, 0) is 48.9 Å². The van der Waals surface area contributed by atoms with Gasteiger partial charge in [-0.1, -0.05) is 12.1 Å². The van der Waals surface area contributed by atoms with Crippen molar-refractivity contribution in [3.63, 3.8) is 0 Å². The summed E-state index contributed by atoms with van der Waals surface area (Å²) in [7, 11) is 1.86. The smallest absolute Gasteiger partial charge is 0.228 e. The van der Waals surface area contributed by atoms with Crippen LogP contribution in [0.15, 0.2) is 54.7 Å². The third kappa shape index (κ3) is 5.36. The number of carbonyl (C=O) groups is 1. The number of hydrogen-bond donors (Lipinski definition) is 2. The molecule has 3 rings (SSSR count). The van der Waals surface area contributed by atoms with Crippen molar-refractivity contribution < 1.29 is 14.3 Å². The molecule has 152 valence electrons. The lowest BCUT2D eigenvalue weighted by Gasteiger charge is -2.14. The van der Waals surface area contributed by atoms with Crippen molar-refractivity contribution in [3.8, 4) is 22.8 Å². The van der Waals surface area contributed by atoms with Crippen molar-refractivity contribution in [2.75, 3.05) is 25.1 Å². The fourth-order valence-electron chi connectivity index (χ4n) is 3.04. The van der Waals surface area contributed by atoms with Crippen LogP contribution in [0.4, 0.5) is 5.69 Å². The Morgan fingerprint density at radius 1 is 1.17 bits per heavy atom. The quantitative estimate of drug-likeness (QED) is 0.582. The normalized spacial score (nSPS) is 10.6. The van der Waals surface area contributed by atoms with Crippen molar-refractivity contribution in [1.29, 1.82) is 0 Å². The van der Waals surface area contributed by atoms with Gasteiger partial charge < -0.3 is 20.5 Å². The van der Waals surface area contributed by atoms with E-state index >= 15 is 0 Å². The zero-order chi connectivity index (χ0) is 20.6. The van der Waals surface area contributed by atoms with Crippen LogP contribution in [0.5, 0.6) is 11.5 Å². The van der Waals surface area contributed by atoms with Crippen LogP contribution in [0.3, 0.4) is 0 Å². The summed E-state index contributed by atoms with van der Waals surface area (Å²) in [4.78, 5) is 12.6. The predicted octanol–water partition coefficient (Wildman–Crippen LogP) is 3.00. The predicted molar refractivity (Wildman–Crippen MR) is 113 cm³/mol. The number of rotatable bonds is 9. The number of nitrogens with two attached hydrogens (primary N) is 1. The molecule has 3 N–H and O–H groups in total. The molecule has 0 radical (unpaired) electrons. The van der Waals surface area contributed by atoms with Gasteiger partial charge >= 0.3 is 0 Å². The van der Waals surface area contributed by atoms with Gasteiger partial charge in [-0.2, -0.15) is 5.10 Å². The van der Waals surface area contributed by atoms with E-state index in [1.165, 1.54) is 0 Å². The average molecular weight is 394 g/mol. The number of carbonyl (C=O) groups excluding carboxylic acids is 1. The molecule has 7 nitrogen and oxygen atoms in total. The highest BCUT2D eigenvalue weighted by Gasteiger charge is 2.13. The van der Waals surface area contributed by atoms with Gasteiger partial charge in [0.1, 0.15) is 18.1 Å². The molecule has 0 unspecified atom stereocenters. The molecule has 0 aliphatic heterocycles. The van der Waals surface area contributed by atoms with Crippen LogP contribution in [-0.4, -0.2) is 35.4 Å². The van der Waals surface area contributed by atoms with Gasteiger partial charge in [0.25, 0.3) is 0 Å². The molecular formula is C22H26N4O3. The molecule has 29 heavy (non-hydrogen) atoms. The molecule has 7 heteroatoms. The first-order valence-electron chi connectivity index (χ1n) is 9.57. The largest absolute Gasteiger partial charge is 0.494 e. The fraction of sp³-hybridized carbons (Fsp3) is 0.273. The number of hydrogen-bond acceptors (Lipinski definition) is 5. The van der Waals surface area contributed by atoms with Crippen LogP contribution in [0.1, 0.15) is 12.5 Å². The standard InChI is InChI=1S/C22H26N4O3/c1-3-28-18-6-4-5-16(13-18)14-22(27)25-17-7-8-21(29-12-10-23)19(15-17)20-9-11-24-26(20)2/h4-9,11,13,15H,3,10,12,14,23H2,1-2H3,(H,25,27). The molecule has 0 saturated heterocycles. The minimum Gasteiger partial charge on any atom is -0.494 e. The molecule has 2 aromatic carbocycles. The molecular weight excluding hydrogens is 368 g/mol. The lowest BCUT2D eigenvalue weighted by Crippen LogP contribution is -2.15. The van der Waals surface area contributed by atoms with Crippen molar-refractivity contribution in [2.24, 2.45) is 12.8 Å². The molecule has 1 amide bonds. The number of aryl methyl sites for hydroxylation is 1. The van der Waals surface area contributed by atoms with Gasteiger partial charge in [0.05, 0.1) is 18.7 Å². The Morgan fingerprint density at radius 3 is 2.76 bits per heavy atom. The van der Waals surface area contributed by atoms with E-state index in [2.05, 4.69) is 10.4 Å². The van der Waals surface area contributed by atoms with Crippen molar-refractivity contribution in [2.45, 2.75) is 13.3 Å². The zero-order valence-corrected chi connectivity index (χ0v) is 16.7. The molecule has 1 aromatic heterocycles. The van der Waals surface area contributed by atoms with E-state index in [-0.39, 0.29) is 12.3 Å². The molecule has 0 bridgehead atoms. The van der Waals surface area contributed by atoms with E-state index in [9.17, 15) is 4.79 Å². The van der Waals surface area contributed by atoms with Crippen molar-refractivity contribution in [1.82, 2.24) is 9.78 Å². The fourth-order valence-corrected chi connectivity index (χ4v) is 3.04. The number of amides is 1. The summed E-state index contributed by atoms with van der Waals surface area (Å²) in [5.41, 5.74) is 8.87. The monoisotopic (exact) mass is 394 g/mol. The summed E-state index contributed by atoms with van der Waals surface area (Å²) in [6.45, 7) is 3.35. The van der Waals surface area contributed by atoms with E-state index in [0.29, 0.717) is 31.2 Å². The van der Waals surface area contributed by atoms with Gasteiger partial charge in [0, 0.05) is 31.0 Å². The summed E-state index contributed by atoms with van der Waals surface area (Å²) in [6.07, 6.45) is 1.98. The van der Waals surface area contributed by atoms with Gasteiger partial charge in [-0.3, -0.25) is 9.48 Å². The van der Waals surface area contributed by atoms with Crippen LogP contribution in [0, 0.1) is 0 Å². The Kier molecular flexibility index (Phi) is 6.86. The first-order valence-corrected chi connectivity index (χ1v) is 9.57. The van der Waals surface area contributed by atoms with E-state index in [1.54, 1.807) is 10.9 Å². The third-order valence-corrected chi connectivity index (χ3v) is 4.31. The molecule has 0 saturated carbocycles. The highest BCUT2D eigenvalue weighted by atomic mass is 16.5. The van der Waals surface area contributed by atoms with E-state index < -0.39 is 0 Å². The zero-order valence-electron chi connectivity index (χ0n) is 16.7. The van der Waals surface area contributed by atoms with Crippen LogP contribution in [0.25, 0.3) is 11.3 Å². The van der Waals surface area contributed by atoms with Gasteiger partial charge in [0.15, 0.2) is 0 Å². The molecule has 0 aliphatic carbocycles. The third-order valence-electron chi connectivity index (χ3n) is 4.31. The minimum absolute atomic E-state index is 0.106. The van der Waals surface area contributed by atoms with Gasteiger partial charge in [0.2, 0.25) is 5.91 Å². The molecule has 0 spiro atoms. The summed E-state index contributed by atoms with van der Waals surface area (Å²) in [5, 5.41) is 7.18. The summed E-state index contributed by atoms with van der Waals surface area (Å²) < 4.78 is 13.0. The molecule has 0 atom stereocenters. The van der Waals surface area contributed by atoms with E-state index in [1.807, 2.05) is 62.5 Å². The highest BCUT2D eigenvalue weighted by molar-refractivity contribution is 5.93. The molecule has 3 aromatic rings. The summed E-state index contributed by atoms with van der Waals surface area (Å²) in [5.74, 6) is 1.35. The highest BCUT2D eigenvalue weighted by Crippen LogP contribution is 2.32. The van der Waals surface area contributed by atoms with Gasteiger partial charge in [-0.25, -0.2) is 0 Å².